The van der Waals surface area contributed by atoms with Crippen molar-refractivity contribution < 1.29 is 4.52 Å². The summed E-state index contributed by atoms with van der Waals surface area (Å²) in [5.41, 5.74) is 0. The van der Waals surface area contributed by atoms with Gasteiger partial charge >= 0.3 is 0 Å². The topological polar surface area (TPSA) is 54.2 Å². The Balaban J connectivity index is 1.50. The summed E-state index contributed by atoms with van der Waals surface area (Å²) in [5, 5.41) is 7.45. The van der Waals surface area contributed by atoms with Crippen molar-refractivity contribution in [1.29, 1.82) is 0 Å². The highest BCUT2D eigenvalue weighted by Gasteiger charge is 2.22. The first-order valence-corrected chi connectivity index (χ1v) is 7.17. The second-order valence-corrected chi connectivity index (χ2v) is 5.39. The molecule has 0 saturated carbocycles. The highest BCUT2D eigenvalue weighted by atomic mass is 16.5. The summed E-state index contributed by atoms with van der Waals surface area (Å²) >= 11 is 0. The van der Waals surface area contributed by atoms with E-state index < -0.39 is 0 Å². The van der Waals surface area contributed by atoms with Crippen LogP contribution in [0.2, 0.25) is 0 Å². The Bertz CT molecular complexity index is 367. The smallest absolute Gasteiger partial charge is 0.227 e. The van der Waals surface area contributed by atoms with Crippen LogP contribution in [0.4, 0.5) is 0 Å². The molecule has 3 rings (SSSR count). The van der Waals surface area contributed by atoms with Crippen LogP contribution < -0.4 is 5.32 Å². The van der Waals surface area contributed by atoms with E-state index in [-0.39, 0.29) is 0 Å². The van der Waals surface area contributed by atoms with E-state index in [1.807, 2.05) is 0 Å². The molecule has 3 heterocycles. The van der Waals surface area contributed by atoms with Crippen molar-refractivity contribution in [3.05, 3.63) is 11.7 Å². The lowest BCUT2D eigenvalue weighted by Gasteiger charge is -2.25. The lowest BCUT2D eigenvalue weighted by Crippen LogP contribution is -2.31. The first-order valence-electron chi connectivity index (χ1n) is 7.17. The first-order chi connectivity index (χ1) is 8.92. The first kappa shape index (κ1) is 12.1. The van der Waals surface area contributed by atoms with Gasteiger partial charge in [-0.1, -0.05) is 11.6 Å². The molecule has 0 aromatic carbocycles. The van der Waals surface area contributed by atoms with Crippen LogP contribution >= 0.6 is 0 Å². The van der Waals surface area contributed by atoms with Gasteiger partial charge in [0.2, 0.25) is 5.89 Å². The summed E-state index contributed by atoms with van der Waals surface area (Å²) < 4.78 is 5.35. The van der Waals surface area contributed by atoms with Gasteiger partial charge in [0.25, 0.3) is 0 Å². The van der Waals surface area contributed by atoms with Crippen molar-refractivity contribution in [3.63, 3.8) is 0 Å². The zero-order valence-corrected chi connectivity index (χ0v) is 10.9. The molecule has 5 nitrogen and oxygen atoms in total. The minimum absolute atomic E-state index is 0.456. The Hall–Kier alpha value is -0.940. The van der Waals surface area contributed by atoms with E-state index in [1.54, 1.807) is 0 Å². The van der Waals surface area contributed by atoms with Gasteiger partial charge in [0.1, 0.15) is 0 Å². The third-order valence-corrected chi connectivity index (χ3v) is 4.00. The Morgan fingerprint density at radius 2 is 2.17 bits per heavy atom. The van der Waals surface area contributed by atoms with E-state index in [1.165, 1.54) is 32.4 Å². The molecule has 0 radical (unpaired) electrons. The molecule has 2 aliphatic heterocycles. The van der Waals surface area contributed by atoms with Crippen LogP contribution in [-0.2, 0) is 6.42 Å². The van der Waals surface area contributed by atoms with Gasteiger partial charge in [-0.25, -0.2) is 0 Å². The minimum Gasteiger partial charge on any atom is -0.339 e. The van der Waals surface area contributed by atoms with Gasteiger partial charge in [-0.05, 0) is 38.9 Å². The van der Waals surface area contributed by atoms with Crippen LogP contribution in [0.25, 0.3) is 0 Å². The molecule has 18 heavy (non-hydrogen) atoms. The Kier molecular flexibility index (Phi) is 3.90. The lowest BCUT2D eigenvalue weighted by atomic mass is 10.1. The van der Waals surface area contributed by atoms with Crippen LogP contribution in [0.1, 0.15) is 43.3 Å². The van der Waals surface area contributed by atoms with E-state index in [9.17, 15) is 0 Å². The number of hydrogen-bond acceptors (Lipinski definition) is 5. The minimum atomic E-state index is 0.456. The van der Waals surface area contributed by atoms with Gasteiger partial charge in [-0.3, -0.25) is 0 Å². The molecule has 0 bridgehead atoms. The molecule has 5 heteroatoms. The van der Waals surface area contributed by atoms with Crippen molar-refractivity contribution in [2.75, 3.05) is 32.7 Å². The van der Waals surface area contributed by atoms with Crippen LogP contribution in [0, 0.1) is 0 Å². The SMILES string of the molecule is C1CCN(CCc2nc(C3CCNC3)no2)CC1. The molecule has 1 aromatic rings. The molecule has 1 atom stereocenters. The number of piperidine rings is 1. The number of nitrogens with zero attached hydrogens (tertiary/aromatic N) is 3. The maximum Gasteiger partial charge on any atom is 0.227 e. The zero-order valence-electron chi connectivity index (χ0n) is 10.9. The molecule has 0 amide bonds. The lowest BCUT2D eigenvalue weighted by molar-refractivity contribution is 0.223. The molecular formula is C13H22N4O. The normalized spacial score (nSPS) is 25.7. The molecule has 2 saturated heterocycles. The number of likely N-dealkylation sites (tertiary alicyclic amines) is 1. The van der Waals surface area contributed by atoms with Crippen LogP contribution in [0.3, 0.4) is 0 Å². The molecule has 0 spiro atoms. The number of aromatic nitrogens is 2. The van der Waals surface area contributed by atoms with E-state index >= 15 is 0 Å². The Morgan fingerprint density at radius 3 is 2.94 bits per heavy atom. The van der Waals surface area contributed by atoms with Gasteiger partial charge in [-0.15, -0.1) is 0 Å². The monoisotopic (exact) mass is 250 g/mol. The number of hydrogen-bond donors (Lipinski definition) is 1. The third kappa shape index (κ3) is 2.90. The zero-order chi connectivity index (χ0) is 12.2. The molecule has 0 aliphatic carbocycles. The van der Waals surface area contributed by atoms with Crippen molar-refractivity contribution in [1.82, 2.24) is 20.4 Å². The predicted octanol–water partition coefficient (Wildman–Crippen LogP) is 1.17. The van der Waals surface area contributed by atoms with E-state index in [2.05, 4.69) is 20.4 Å². The fourth-order valence-corrected chi connectivity index (χ4v) is 2.85. The number of rotatable bonds is 4. The molecule has 1 aromatic heterocycles. The summed E-state index contributed by atoms with van der Waals surface area (Å²) in [7, 11) is 0. The summed E-state index contributed by atoms with van der Waals surface area (Å²) in [6, 6.07) is 0. The molecule has 100 valence electrons. The van der Waals surface area contributed by atoms with Crippen LogP contribution in [0.15, 0.2) is 4.52 Å². The average Bonchev–Trinajstić information content (AvgIpc) is 3.08. The molecular weight excluding hydrogens is 228 g/mol. The fraction of sp³-hybridized carbons (Fsp3) is 0.846. The Morgan fingerprint density at radius 1 is 1.28 bits per heavy atom. The standard InChI is InChI=1S/C13H22N4O/c1-2-7-17(8-3-1)9-5-12-15-13(16-18-12)11-4-6-14-10-11/h11,14H,1-10H2. The highest BCUT2D eigenvalue weighted by molar-refractivity contribution is 4.99. The van der Waals surface area contributed by atoms with Gasteiger partial charge < -0.3 is 14.7 Å². The maximum absolute atomic E-state index is 5.35. The fourth-order valence-electron chi connectivity index (χ4n) is 2.85. The highest BCUT2D eigenvalue weighted by Crippen LogP contribution is 2.19. The summed E-state index contributed by atoms with van der Waals surface area (Å²) in [5.74, 6) is 2.16. The van der Waals surface area contributed by atoms with Crippen molar-refractivity contribution in [2.45, 2.75) is 38.0 Å². The summed E-state index contributed by atoms with van der Waals surface area (Å²) in [4.78, 5) is 7.04. The summed E-state index contributed by atoms with van der Waals surface area (Å²) in [6.07, 6.45) is 6.08. The van der Waals surface area contributed by atoms with Crippen LogP contribution in [0.5, 0.6) is 0 Å². The van der Waals surface area contributed by atoms with Crippen molar-refractivity contribution in [2.24, 2.45) is 0 Å². The van der Waals surface area contributed by atoms with Gasteiger partial charge in [-0.2, -0.15) is 4.98 Å². The second-order valence-electron chi connectivity index (χ2n) is 5.39. The van der Waals surface area contributed by atoms with Crippen molar-refractivity contribution >= 4 is 0 Å². The quantitative estimate of drug-likeness (QED) is 0.869. The second kappa shape index (κ2) is 5.80. The molecule has 1 N–H and O–H groups in total. The summed E-state index contributed by atoms with van der Waals surface area (Å²) in [6.45, 7) is 5.58. The number of nitrogens with one attached hydrogen (secondary N) is 1. The van der Waals surface area contributed by atoms with E-state index in [0.717, 1.165) is 44.2 Å². The predicted molar refractivity (Wildman–Crippen MR) is 68.5 cm³/mol. The van der Waals surface area contributed by atoms with Gasteiger partial charge in [0.05, 0.1) is 0 Å². The largest absolute Gasteiger partial charge is 0.339 e. The maximum atomic E-state index is 5.35. The van der Waals surface area contributed by atoms with E-state index in [4.69, 9.17) is 4.52 Å². The van der Waals surface area contributed by atoms with Gasteiger partial charge in [0.15, 0.2) is 5.82 Å². The van der Waals surface area contributed by atoms with E-state index in [0.29, 0.717) is 5.92 Å². The molecule has 2 aliphatic rings. The third-order valence-electron chi connectivity index (χ3n) is 4.00. The van der Waals surface area contributed by atoms with Gasteiger partial charge in [0, 0.05) is 25.4 Å². The average molecular weight is 250 g/mol. The van der Waals surface area contributed by atoms with Crippen LogP contribution in [-0.4, -0.2) is 47.8 Å². The molecule has 1 unspecified atom stereocenters. The molecule has 2 fully saturated rings. The Labute approximate surface area is 108 Å². The van der Waals surface area contributed by atoms with Crippen molar-refractivity contribution in [3.8, 4) is 0 Å².